The number of amides is 2. The van der Waals surface area contributed by atoms with Crippen LogP contribution in [0.5, 0.6) is 0 Å². The average molecular weight is 220 g/mol. The quantitative estimate of drug-likeness (QED) is 0.755. The molecule has 2 rings (SSSR count). The summed E-state index contributed by atoms with van der Waals surface area (Å²) in [5.74, 6) is -0.859. The first-order chi connectivity index (χ1) is 7.61. The van der Waals surface area contributed by atoms with Crippen molar-refractivity contribution in [1.82, 2.24) is 5.06 Å². The highest BCUT2D eigenvalue weighted by Crippen LogP contribution is 2.22. The SMILES string of the molecule is CC(N)CON1C(=O)c2ccccc2C1=O. The first-order valence-corrected chi connectivity index (χ1v) is 4.97. The van der Waals surface area contributed by atoms with E-state index in [1.54, 1.807) is 31.2 Å². The van der Waals surface area contributed by atoms with Gasteiger partial charge in [-0.05, 0) is 19.1 Å². The minimum atomic E-state index is -0.429. The maximum Gasteiger partial charge on any atom is 0.285 e. The summed E-state index contributed by atoms with van der Waals surface area (Å²) in [5, 5.41) is 0.772. The molecule has 0 aromatic heterocycles. The van der Waals surface area contributed by atoms with E-state index in [1.165, 1.54) is 0 Å². The highest BCUT2D eigenvalue weighted by molar-refractivity contribution is 6.20. The molecule has 0 saturated carbocycles. The van der Waals surface area contributed by atoms with E-state index in [1.807, 2.05) is 0 Å². The lowest BCUT2D eigenvalue weighted by atomic mass is 10.1. The predicted molar refractivity (Wildman–Crippen MR) is 56.5 cm³/mol. The lowest BCUT2D eigenvalue weighted by molar-refractivity contribution is -0.0941. The molecule has 0 saturated heterocycles. The number of hydrogen-bond acceptors (Lipinski definition) is 4. The summed E-state index contributed by atoms with van der Waals surface area (Å²) in [4.78, 5) is 28.6. The van der Waals surface area contributed by atoms with Crippen LogP contribution in [0, 0.1) is 0 Å². The van der Waals surface area contributed by atoms with Crippen LogP contribution in [-0.2, 0) is 4.84 Å². The molecule has 0 aliphatic carbocycles. The van der Waals surface area contributed by atoms with E-state index in [0.29, 0.717) is 11.1 Å². The van der Waals surface area contributed by atoms with Crippen molar-refractivity contribution >= 4 is 11.8 Å². The molecule has 2 amide bonds. The van der Waals surface area contributed by atoms with Gasteiger partial charge in [-0.1, -0.05) is 12.1 Å². The monoisotopic (exact) mass is 220 g/mol. The molecule has 0 fully saturated rings. The number of rotatable bonds is 3. The maximum absolute atomic E-state index is 11.8. The number of carbonyl (C=O) groups is 2. The Morgan fingerprint density at radius 1 is 1.25 bits per heavy atom. The van der Waals surface area contributed by atoms with E-state index in [4.69, 9.17) is 10.6 Å². The summed E-state index contributed by atoms with van der Waals surface area (Å²) >= 11 is 0. The fourth-order valence-corrected chi connectivity index (χ4v) is 1.48. The summed E-state index contributed by atoms with van der Waals surface area (Å²) in [6, 6.07) is 6.39. The largest absolute Gasteiger partial charge is 0.326 e. The Kier molecular flexibility index (Phi) is 2.72. The number of benzene rings is 1. The molecule has 0 radical (unpaired) electrons. The van der Waals surface area contributed by atoms with Gasteiger partial charge in [0.2, 0.25) is 0 Å². The van der Waals surface area contributed by atoms with Crippen LogP contribution in [0.3, 0.4) is 0 Å². The Hall–Kier alpha value is -1.72. The van der Waals surface area contributed by atoms with Crippen molar-refractivity contribution in [3.05, 3.63) is 35.4 Å². The second kappa shape index (κ2) is 4.03. The predicted octanol–water partition coefficient (Wildman–Crippen LogP) is 0.561. The molecule has 0 spiro atoms. The standard InChI is InChI=1S/C11H12N2O3/c1-7(12)6-16-13-10(14)8-4-2-3-5-9(8)11(13)15/h2-5,7H,6,12H2,1H3. The number of hydroxylamine groups is 2. The number of carbonyl (C=O) groups excluding carboxylic acids is 2. The summed E-state index contributed by atoms with van der Waals surface area (Å²) in [5.41, 5.74) is 6.24. The van der Waals surface area contributed by atoms with Gasteiger partial charge >= 0.3 is 0 Å². The van der Waals surface area contributed by atoms with Crippen LogP contribution in [0.4, 0.5) is 0 Å². The highest BCUT2D eigenvalue weighted by atomic mass is 16.7. The molecule has 5 heteroatoms. The lowest BCUT2D eigenvalue weighted by Gasteiger charge is -2.14. The molecule has 1 aliphatic heterocycles. The van der Waals surface area contributed by atoms with Gasteiger partial charge in [0.15, 0.2) is 0 Å². The number of hydrogen-bond donors (Lipinski definition) is 1. The Morgan fingerprint density at radius 2 is 1.75 bits per heavy atom. The van der Waals surface area contributed by atoms with Gasteiger partial charge in [0.1, 0.15) is 0 Å². The number of nitrogens with zero attached hydrogens (tertiary/aromatic N) is 1. The van der Waals surface area contributed by atoms with E-state index in [2.05, 4.69) is 0 Å². The van der Waals surface area contributed by atoms with E-state index >= 15 is 0 Å². The minimum absolute atomic E-state index is 0.130. The van der Waals surface area contributed by atoms with Crippen LogP contribution >= 0.6 is 0 Å². The molecule has 5 nitrogen and oxygen atoms in total. The number of fused-ring (bicyclic) bond motifs is 1. The molecular formula is C11H12N2O3. The van der Waals surface area contributed by atoms with Gasteiger partial charge in [0, 0.05) is 6.04 Å². The van der Waals surface area contributed by atoms with Crippen molar-refractivity contribution in [1.29, 1.82) is 0 Å². The molecule has 1 unspecified atom stereocenters. The third-order valence-electron chi connectivity index (χ3n) is 2.22. The van der Waals surface area contributed by atoms with Crippen LogP contribution < -0.4 is 5.73 Å². The molecule has 84 valence electrons. The number of nitrogens with two attached hydrogens (primary N) is 1. The van der Waals surface area contributed by atoms with Crippen LogP contribution in [0.1, 0.15) is 27.6 Å². The summed E-state index contributed by atoms with van der Waals surface area (Å²) < 4.78 is 0. The second-order valence-electron chi connectivity index (χ2n) is 3.72. The van der Waals surface area contributed by atoms with E-state index in [9.17, 15) is 9.59 Å². The van der Waals surface area contributed by atoms with Crippen molar-refractivity contribution in [2.45, 2.75) is 13.0 Å². The normalized spacial score (nSPS) is 16.5. The van der Waals surface area contributed by atoms with E-state index in [0.717, 1.165) is 5.06 Å². The lowest BCUT2D eigenvalue weighted by Crippen LogP contribution is -2.34. The van der Waals surface area contributed by atoms with Crippen molar-refractivity contribution < 1.29 is 14.4 Å². The second-order valence-corrected chi connectivity index (χ2v) is 3.72. The molecule has 1 aliphatic rings. The molecule has 1 aromatic rings. The summed E-state index contributed by atoms with van der Waals surface area (Å²) in [6.45, 7) is 1.86. The Labute approximate surface area is 92.7 Å². The molecule has 1 aromatic carbocycles. The van der Waals surface area contributed by atoms with Crippen molar-refractivity contribution in [2.24, 2.45) is 5.73 Å². The van der Waals surface area contributed by atoms with Gasteiger partial charge < -0.3 is 5.73 Å². The van der Waals surface area contributed by atoms with Crippen molar-refractivity contribution in [3.63, 3.8) is 0 Å². The van der Waals surface area contributed by atoms with E-state index < -0.39 is 11.8 Å². The van der Waals surface area contributed by atoms with Gasteiger partial charge in [-0.3, -0.25) is 14.4 Å². The zero-order valence-corrected chi connectivity index (χ0v) is 8.84. The van der Waals surface area contributed by atoms with Gasteiger partial charge in [-0.2, -0.15) is 0 Å². The Balaban J connectivity index is 2.22. The van der Waals surface area contributed by atoms with Crippen molar-refractivity contribution in [3.8, 4) is 0 Å². The fraction of sp³-hybridized carbons (Fsp3) is 0.273. The van der Waals surface area contributed by atoms with Crippen LogP contribution in [-0.4, -0.2) is 29.5 Å². The zero-order chi connectivity index (χ0) is 11.7. The maximum atomic E-state index is 11.8. The first-order valence-electron chi connectivity index (χ1n) is 4.97. The number of imide groups is 1. The smallest absolute Gasteiger partial charge is 0.285 e. The Morgan fingerprint density at radius 3 is 2.19 bits per heavy atom. The molecule has 1 atom stereocenters. The third-order valence-corrected chi connectivity index (χ3v) is 2.22. The van der Waals surface area contributed by atoms with Crippen LogP contribution in [0.2, 0.25) is 0 Å². The zero-order valence-electron chi connectivity index (χ0n) is 8.84. The molecular weight excluding hydrogens is 208 g/mol. The van der Waals surface area contributed by atoms with Gasteiger partial charge in [0.05, 0.1) is 17.7 Å². The first kappa shape index (κ1) is 10.8. The molecule has 16 heavy (non-hydrogen) atoms. The summed E-state index contributed by atoms with van der Waals surface area (Å²) in [7, 11) is 0. The molecule has 0 bridgehead atoms. The van der Waals surface area contributed by atoms with Gasteiger partial charge in [0.25, 0.3) is 11.8 Å². The fourth-order valence-electron chi connectivity index (χ4n) is 1.48. The van der Waals surface area contributed by atoms with Gasteiger partial charge in [-0.15, -0.1) is 5.06 Å². The van der Waals surface area contributed by atoms with Crippen LogP contribution in [0.15, 0.2) is 24.3 Å². The van der Waals surface area contributed by atoms with E-state index in [-0.39, 0.29) is 12.6 Å². The van der Waals surface area contributed by atoms with Crippen LogP contribution in [0.25, 0.3) is 0 Å². The highest BCUT2D eigenvalue weighted by Gasteiger charge is 2.36. The Bertz CT molecular complexity index is 408. The third kappa shape index (κ3) is 1.70. The average Bonchev–Trinajstić information content (AvgIpc) is 2.50. The molecule has 1 heterocycles. The van der Waals surface area contributed by atoms with Gasteiger partial charge in [-0.25, -0.2) is 0 Å². The molecule has 2 N–H and O–H groups in total. The topological polar surface area (TPSA) is 72.6 Å². The van der Waals surface area contributed by atoms with Crippen molar-refractivity contribution in [2.75, 3.05) is 6.61 Å². The summed E-state index contributed by atoms with van der Waals surface area (Å²) in [6.07, 6.45) is 0. The minimum Gasteiger partial charge on any atom is -0.326 e.